The van der Waals surface area contributed by atoms with Crippen molar-refractivity contribution in [2.45, 2.75) is 17.9 Å². The van der Waals surface area contributed by atoms with Gasteiger partial charge in [0.1, 0.15) is 11.9 Å². The molecule has 1 amide bonds. The molecule has 0 aromatic heterocycles. The summed E-state index contributed by atoms with van der Waals surface area (Å²) in [5.74, 6) is 0.290. The fraction of sp³-hybridized carbons (Fsp3) is 0.136. The van der Waals surface area contributed by atoms with Crippen LogP contribution in [0.2, 0.25) is 0 Å². The first-order valence-electron chi connectivity index (χ1n) is 9.20. The zero-order valence-electron chi connectivity index (χ0n) is 15.8. The highest BCUT2D eigenvalue weighted by molar-refractivity contribution is 7.92. The van der Waals surface area contributed by atoms with Gasteiger partial charge >= 0.3 is 0 Å². The van der Waals surface area contributed by atoms with E-state index in [2.05, 4.69) is 5.32 Å². The van der Waals surface area contributed by atoms with E-state index in [-0.39, 0.29) is 23.5 Å². The van der Waals surface area contributed by atoms with Crippen LogP contribution in [0.1, 0.15) is 17.3 Å². The van der Waals surface area contributed by atoms with E-state index in [0.717, 1.165) is 0 Å². The van der Waals surface area contributed by atoms with Gasteiger partial charge in [0.2, 0.25) is 0 Å². The highest BCUT2D eigenvalue weighted by Crippen LogP contribution is 2.36. The number of sulfonamides is 1. The largest absolute Gasteiger partial charge is 0.487 e. The second-order valence-corrected chi connectivity index (χ2v) is 8.64. The van der Waals surface area contributed by atoms with Gasteiger partial charge in [-0.2, -0.15) is 0 Å². The van der Waals surface area contributed by atoms with Gasteiger partial charge in [0, 0.05) is 11.3 Å². The summed E-state index contributed by atoms with van der Waals surface area (Å²) in [4.78, 5) is 12.4. The molecule has 0 spiro atoms. The van der Waals surface area contributed by atoms with Crippen molar-refractivity contribution in [3.63, 3.8) is 0 Å². The lowest BCUT2D eigenvalue weighted by Crippen LogP contribution is -2.42. The van der Waals surface area contributed by atoms with Crippen molar-refractivity contribution in [3.05, 3.63) is 84.4 Å². The highest BCUT2D eigenvalue weighted by Gasteiger charge is 2.32. The quantitative estimate of drug-likeness (QED) is 0.710. The maximum atomic E-state index is 13.2. The van der Waals surface area contributed by atoms with E-state index in [1.165, 1.54) is 16.4 Å². The summed E-state index contributed by atoms with van der Waals surface area (Å²) in [6.07, 6.45) is -0.260. The molecule has 0 fully saturated rings. The van der Waals surface area contributed by atoms with Crippen molar-refractivity contribution in [3.8, 4) is 5.75 Å². The van der Waals surface area contributed by atoms with Crippen LogP contribution in [-0.4, -0.2) is 27.0 Å². The molecule has 0 aliphatic carbocycles. The Morgan fingerprint density at radius 1 is 0.966 bits per heavy atom. The molecule has 0 bridgehead atoms. The third kappa shape index (κ3) is 3.82. The summed E-state index contributed by atoms with van der Waals surface area (Å²) >= 11 is 0. The van der Waals surface area contributed by atoms with E-state index in [4.69, 9.17) is 4.74 Å². The van der Waals surface area contributed by atoms with Crippen LogP contribution in [0, 0.1) is 0 Å². The first-order valence-corrected chi connectivity index (χ1v) is 10.6. The summed E-state index contributed by atoms with van der Waals surface area (Å²) < 4.78 is 33.6. The number of nitrogens with zero attached hydrogens (tertiary/aromatic N) is 1. The Balaban J connectivity index is 1.58. The molecular weight excluding hydrogens is 388 g/mol. The molecule has 4 rings (SSSR count). The molecular formula is C22H20N2O4S. The molecule has 3 aromatic rings. The van der Waals surface area contributed by atoms with Crippen LogP contribution in [0.25, 0.3) is 0 Å². The Bertz CT molecular complexity index is 1130. The first-order chi connectivity index (χ1) is 13.9. The predicted octanol–water partition coefficient (Wildman–Crippen LogP) is 3.92. The van der Waals surface area contributed by atoms with Gasteiger partial charge in [0.25, 0.3) is 15.9 Å². The lowest BCUT2D eigenvalue weighted by Gasteiger charge is -2.34. The smallest absolute Gasteiger partial charge is 0.264 e. The maximum Gasteiger partial charge on any atom is 0.264 e. The molecule has 1 atom stereocenters. The van der Waals surface area contributed by atoms with Crippen LogP contribution in [-0.2, 0) is 10.0 Å². The van der Waals surface area contributed by atoms with Crippen LogP contribution in [0.5, 0.6) is 5.75 Å². The molecule has 7 heteroatoms. The Hall–Kier alpha value is -3.32. The van der Waals surface area contributed by atoms with E-state index >= 15 is 0 Å². The topological polar surface area (TPSA) is 75.7 Å². The van der Waals surface area contributed by atoms with Gasteiger partial charge in [0.05, 0.1) is 17.1 Å². The van der Waals surface area contributed by atoms with E-state index in [0.29, 0.717) is 22.7 Å². The van der Waals surface area contributed by atoms with Crippen LogP contribution in [0.3, 0.4) is 0 Å². The third-order valence-corrected chi connectivity index (χ3v) is 6.42. The number of fused-ring (bicyclic) bond motifs is 1. The minimum absolute atomic E-state index is 0.152. The van der Waals surface area contributed by atoms with E-state index < -0.39 is 10.0 Å². The summed E-state index contributed by atoms with van der Waals surface area (Å²) in [5, 5.41) is 2.77. The van der Waals surface area contributed by atoms with Gasteiger partial charge < -0.3 is 10.1 Å². The summed E-state index contributed by atoms with van der Waals surface area (Å²) in [7, 11) is -3.77. The molecule has 0 saturated carbocycles. The Morgan fingerprint density at radius 2 is 1.62 bits per heavy atom. The number of para-hydroxylation sites is 2. The number of carbonyl (C=O) groups is 1. The molecule has 6 nitrogen and oxygen atoms in total. The van der Waals surface area contributed by atoms with Gasteiger partial charge in [-0.25, -0.2) is 8.42 Å². The zero-order valence-corrected chi connectivity index (χ0v) is 16.6. The number of hydrogen-bond acceptors (Lipinski definition) is 4. The number of carbonyl (C=O) groups excluding carboxylic acids is 1. The number of anilines is 2. The van der Waals surface area contributed by atoms with Crippen molar-refractivity contribution in [2.24, 2.45) is 0 Å². The Kier molecular flexibility index (Phi) is 4.98. The Labute approximate surface area is 169 Å². The number of nitrogens with one attached hydrogen (secondary N) is 1. The average Bonchev–Trinajstić information content (AvgIpc) is 2.74. The van der Waals surface area contributed by atoms with Crippen LogP contribution < -0.4 is 14.4 Å². The van der Waals surface area contributed by atoms with Gasteiger partial charge in [-0.3, -0.25) is 9.10 Å². The number of benzene rings is 3. The molecule has 1 unspecified atom stereocenters. The molecule has 29 heavy (non-hydrogen) atoms. The third-order valence-electron chi connectivity index (χ3n) is 4.62. The van der Waals surface area contributed by atoms with Crippen molar-refractivity contribution in [1.29, 1.82) is 0 Å². The van der Waals surface area contributed by atoms with Crippen molar-refractivity contribution in [1.82, 2.24) is 0 Å². The predicted molar refractivity (Wildman–Crippen MR) is 112 cm³/mol. The van der Waals surface area contributed by atoms with Crippen LogP contribution >= 0.6 is 0 Å². The lowest BCUT2D eigenvalue weighted by atomic mass is 10.2. The minimum Gasteiger partial charge on any atom is -0.487 e. The van der Waals surface area contributed by atoms with Gasteiger partial charge in [-0.15, -0.1) is 0 Å². The van der Waals surface area contributed by atoms with Crippen LogP contribution in [0.4, 0.5) is 11.4 Å². The summed E-state index contributed by atoms with van der Waals surface area (Å²) in [6, 6.07) is 22.1. The first kappa shape index (κ1) is 19.0. The summed E-state index contributed by atoms with van der Waals surface area (Å²) in [6.45, 7) is 2.06. The number of amides is 1. The monoisotopic (exact) mass is 408 g/mol. The molecule has 3 aromatic carbocycles. The van der Waals surface area contributed by atoms with Gasteiger partial charge in [-0.05, 0) is 55.5 Å². The number of ether oxygens (including phenoxy) is 1. The van der Waals surface area contributed by atoms with Gasteiger partial charge in [0.15, 0.2) is 0 Å². The summed E-state index contributed by atoms with van der Waals surface area (Å²) in [5.41, 5.74) is 1.57. The van der Waals surface area contributed by atoms with E-state index in [1.54, 1.807) is 54.6 Å². The number of rotatable bonds is 4. The normalized spacial score (nSPS) is 15.9. The van der Waals surface area contributed by atoms with Crippen molar-refractivity contribution in [2.75, 3.05) is 16.2 Å². The lowest BCUT2D eigenvalue weighted by molar-refractivity contribution is 0.102. The van der Waals surface area contributed by atoms with Gasteiger partial charge in [-0.1, -0.05) is 30.3 Å². The average molecular weight is 408 g/mol. The molecule has 0 saturated heterocycles. The second-order valence-electron chi connectivity index (χ2n) is 6.78. The van der Waals surface area contributed by atoms with Crippen LogP contribution in [0.15, 0.2) is 83.8 Å². The highest BCUT2D eigenvalue weighted by atomic mass is 32.2. The molecule has 1 heterocycles. The fourth-order valence-electron chi connectivity index (χ4n) is 3.21. The van der Waals surface area contributed by atoms with Crippen molar-refractivity contribution < 1.29 is 17.9 Å². The molecule has 1 aliphatic rings. The zero-order chi connectivity index (χ0) is 20.4. The number of hydrogen-bond donors (Lipinski definition) is 1. The van der Waals surface area contributed by atoms with Crippen molar-refractivity contribution >= 4 is 27.3 Å². The second kappa shape index (κ2) is 7.60. The Morgan fingerprint density at radius 3 is 2.34 bits per heavy atom. The molecule has 1 N–H and O–H groups in total. The SMILES string of the molecule is CC1CN(S(=O)(=O)c2ccc(NC(=O)c3ccccc3)cc2)c2ccccc2O1. The minimum atomic E-state index is -3.77. The molecule has 0 radical (unpaired) electrons. The molecule has 148 valence electrons. The maximum absolute atomic E-state index is 13.2. The molecule has 1 aliphatic heterocycles. The van der Waals surface area contributed by atoms with E-state index in [1.807, 2.05) is 19.1 Å². The standard InChI is InChI=1S/C22H20N2O4S/c1-16-15-24(20-9-5-6-10-21(20)28-16)29(26,27)19-13-11-18(12-14-19)23-22(25)17-7-3-2-4-8-17/h2-14,16H,15H2,1H3,(H,23,25). The van der Waals surface area contributed by atoms with E-state index in [9.17, 15) is 13.2 Å². The fourth-order valence-corrected chi connectivity index (χ4v) is 4.76.